The lowest BCUT2D eigenvalue weighted by Gasteiger charge is -2.17. The number of ether oxygens (including phenoxy) is 1. The first-order chi connectivity index (χ1) is 17.4. The topological polar surface area (TPSA) is 102 Å². The first-order valence-electron chi connectivity index (χ1n) is 11.4. The summed E-state index contributed by atoms with van der Waals surface area (Å²) in [5.41, 5.74) is 1.34. The lowest BCUT2D eigenvalue weighted by Crippen LogP contribution is -2.28. The number of carbonyl (C=O) groups is 2. The van der Waals surface area contributed by atoms with Gasteiger partial charge in [0.25, 0.3) is 0 Å². The van der Waals surface area contributed by atoms with Crippen molar-refractivity contribution in [2.24, 2.45) is 5.92 Å². The van der Waals surface area contributed by atoms with Crippen LogP contribution in [0.5, 0.6) is 11.6 Å². The lowest BCUT2D eigenvalue weighted by molar-refractivity contribution is -0.122. The van der Waals surface area contributed by atoms with Crippen molar-refractivity contribution in [2.75, 3.05) is 16.8 Å². The van der Waals surface area contributed by atoms with Gasteiger partial charge in [0.05, 0.1) is 5.92 Å². The van der Waals surface area contributed by atoms with Crippen LogP contribution in [0.15, 0.2) is 67.0 Å². The zero-order chi connectivity index (χ0) is 25.2. The van der Waals surface area contributed by atoms with E-state index in [1.165, 1.54) is 0 Å². The maximum absolute atomic E-state index is 12.8. The number of carbonyl (C=O) groups excluding carboxylic acids is 2. The number of amides is 2. The second kappa shape index (κ2) is 9.79. The van der Waals surface area contributed by atoms with Gasteiger partial charge in [0.1, 0.15) is 23.2 Å². The van der Waals surface area contributed by atoms with Gasteiger partial charge in [-0.2, -0.15) is 4.98 Å². The van der Waals surface area contributed by atoms with Crippen LogP contribution in [0.1, 0.15) is 18.1 Å². The molecular formula is C26H23ClN6O3. The molecule has 36 heavy (non-hydrogen) atoms. The fourth-order valence-electron chi connectivity index (χ4n) is 4.05. The summed E-state index contributed by atoms with van der Waals surface area (Å²) >= 11 is 5.94. The molecule has 1 N–H and O–H groups in total. The van der Waals surface area contributed by atoms with Crippen LogP contribution in [0.4, 0.5) is 11.4 Å². The first-order valence-corrected chi connectivity index (χ1v) is 11.7. The molecule has 2 amide bonds. The summed E-state index contributed by atoms with van der Waals surface area (Å²) in [6, 6.07) is 15.7. The van der Waals surface area contributed by atoms with Crippen molar-refractivity contribution in [3.63, 3.8) is 0 Å². The largest absolute Gasteiger partial charge is 0.439 e. The van der Waals surface area contributed by atoms with E-state index >= 15 is 0 Å². The van der Waals surface area contributed by atoms with Gasteiger partial charge in [-0.15, -0.1) is 0 Å². The average molecular weight is 503 g/mol. The number of aryl methyl sites for hydroxylation is 2. The molecule has 0 aliphatic carbocycles. The molecule has 0 radical (unpaired) electrons. The van der Waals surface area contributed by atoms with E-state index in [9.17, 15) is 9.59 Å². The molecule has 3 heterocycles. The molecule has 1 saturated heterocycles. The molecule has 1 aliphatic heterocycles. The summed E-state index contributed by atoms with van der Waals surface area (Å²) in [4.78, 5) is 39.9. The van der Waals surface area contributed by atoms with E-state index in [4.69, 9.17) is 16.3 Å². The van der Waals surface area contributed by atoms with Gasteiger partial charge in [-0.25, -0.2) is 9.97 Å². The molecular weight excluding hydrogens is 480 g/mol. The van der Waals surface area contributed by atoms with Gasteiger partial charge in [0.15, 0.2) is 0 Å². The third-order valence-corrected chi connectivity index (χ3v) is 6.10. The van der Waals surface area contributed by atoms with Crippen molar-refractivity contribution >= 4 is 34.8 Å². The molecule has 0 spiro atoms. The highest BCUT2D eigenvalue weighted by atomic mass is 35.5. The van der Waals surface area contributed by atoms with Crippen LogP contribution in [-0.4, -0.2) is 37.9 Å². The fourth-order valence-corrected chi connectivity index (χ4v) is 4.17. The Morgan fingerprint density at radius 1 is 1.08 bits per heavy atom. The van der Waals surface area contributed by atoms with Gasteiger partial charge in [0.2, 0.25) is 17.7 Å². The second-order valence-corrected chi connectivity index (χ2v) is 8.89. The Kier molecular flexibility index (Phi) is 6.39. The molecule has 5 rings (SSSR count). The van der Waals surface area contributed by atoms with Gasteiger partial charge < -0.3 is 15.0 Å². The number of hydrogen-bond donors (Lipinski definition) is 1. The monoisotopic (exact) mass is 502 g/mol. The SMILES string of the molecule is Cc1nc(Oc2ccc(NC(=O)C3CC(=O)N(c4ccc(Cl)cc4)C3)cc2)cc(-n2ccnc2C)n1. The number of hydrogen-bond acceptors (Lipinski definition) is 6. The molecule has 2 aromatic carbocycles. The number of rotatable bonds is 6. The van der Waals surface area contributed by atoms with E-state index in [2.05, 4.69) is 20.3 Å². The molecule has 182 valence electrons. The van der Waals surface area contributed by atoms with E-state index in [1.54, 1.807) is 72.6 Å². The van der Waals surface area contributed by atoms with Crippen molar-refractivity contribution in [1.82, 2.24) is 19.5 Å². The van der Waals surface area contributed by atoms with Crippen LogP contribution >= 0.6 is 11.6 Å². The summed E-state index contributed by atoms with van der Waals surface area (Å²) in [5.74, 6) is 2.25. The highest BCUT2D eigenvalue weighted by molar-refractivity contribution is 6.30. The summed E-state index contributed by atoms with van der Waals surface area (Å²) < 4.78 is 7.77. The van der Waals surface area contributed by atoms with Gasteiger partial charge in [-0.05, 0) is 62.4 Å². The third kappa shape index (κ3) is 5.06. The maximum atomic E-state index is 12.8. The summed E-state index contributed by atoms with van der Waals surface area (Å²) in [6.07, 6.45) is 3.68. The van der Waals surface area contributed by atoms with Crippen LogP contribution < -0.4 is 15.0 Å². The van der Waals surface area contributed by atoms with Gasteiger partial charge in [-0.3, -0.25) is 14.2 Å². The number of anilines is 2. The molecule has 10 heteroatoms. The van der Waals surface area contributed by atoms with E-state index in [-0.39, 0.29) is 18.2 Å². The van der Waals surface area contributed by atoms with Gasteiger partial charge in [-0.1, -0.05) is 11.6 Å². The molecule has 4 aromatic rings. The number of halogens is 1. The minimum absolute atomic E-state index is 0.0911. The van der Waals surface area contributed by atoms with E-state index in [0.717, 1.165) is 11.5 Å². The molecule has 2 aromatic heterocycles. The number of nitrogens with zero attached hydrogens (tertiary/aromatic N) is 5. The third-order valence-electron chi connectivity index (χ3n) is 5.85. The average Bonchev–Trinajstić information content (AvgIpc) is 3.46. The highest BCUT2D eigenvalue weighted by Crippen LogP contribution is 2.28. The van der Waals surface area contributed by atoms with Crippen molar-refractivity contribution in [2.45, 2.75) is 20.3 Å². The smallest absolute Gasteiger partial charge is 0.229 e. The van der Waals surface area contributed by atoms with E-state index in [0.29, 0.717) is 40.5 Å². The quantitative estimate of drug-likeness (QED) is 0.409. The first kappa shape index (κ1) is 23.5. The number of imidazole rings is 1. The lowest BCUT2D eigenvalue weighted by atomic mass is 10.1. The summed E-state index contributed by atoms with van der Waals surface area (Å²) in [5, 5.41) is 3.48. The number of nitrogens with one attached hydrogen (secondary N) is 1. The zero-order valence-corrected chi connectivity index (χ0v) is 20.4. The normalized spacial score (nSPS) is 15.2. The molecule has 0 bridgehead atoms. The molecule has 9 nitrogen and oxygen atoms in total. The molecule has 0 saturated carbocycles. The van der Waals surface area contributed by atoms with Crippen molar-refractivity contribution in [1.29, 1.82) is 0 Å². The Balaban J connectivity index is 1.22. The molecule has 1 aliphatic rings. The van der Waals surface area contributed by atoms with E-state index < -0.39 is 5.92 Å². The zero-order valence-electron chi connectivity index (χ0n) is 19.7. The second-order valence-electron chi connectivity index (χ2n) is 8.45. The standard InChI is InChI=1S/C26H23ClN6O3/c1-16-29-23(32-12-11-28-17(32)2)14-24(30-16)36-22-9-5-20(6-10-22)31-26(35)18-13-25(34)33(15-18)21-7-3-19(27)4-8-21/h3-12,14,18H,13,15H2,1-2H3,(H,31,35). The Morgan fingerprint density at radius 2 is 1.83 bits per heavy atom. The Hall–Kier alpha value is -4.24. The fraction of sp³-hybridized carbons (Fsp3) is 0.192. The van der Waals surface area contributed by atoms with E-state index in [1.807, 2.05) is 17.7 Å². The predicted molar refractivity (Wildman–Crippen MR) is 136 cm³/mol. The van der Waals surface area contributed by atoms with Crippen molar-refractivity contribution in [3.8, 4) is 17.4 Å². The van der Waals surface area contributed by atoms with Crippen LogP contribution in [0, 0.1) is 19.8 Å². The molecule has 1 atom stereocenters. The minimum atomic E-state index is -0.446. The Bertz CT molecular complexity index is 1420. The summed E-state index contributed by atoms with van der Waals surface area (Å²) in [6.45, 7) is 4.00. The van der Waals surface area contributed by atoms with Gasteiger partial charge >= 0.3 is 0 Å². The minimum Gasteiger partial charge on any atom is -0.439 e. The van der Waals surface area contributed by atoms with Crippen molar-refractivity contribution in [3.05, 3.63) is 83.7 Å². The van der Waals surface area contributed by atoms with Crippen LogP contribution in [0.3, 0.4) is 0 Å². The summed E-state index contributed by atoms with van der Waals surface area (Å²) in [7, 11) is 0. The molecule has 1 unspecified atom stereocenters. The van der Waals surface area contributed by atoms with Crippen LogP contribution in [0.2, 0.25) is 5.02 Å². The van der Waals surface area contributed by atoms with Crippen LogP contribution in [-0.2, 0) is 9.59 Å². The maximum Gasteiger partial charge on any atom is 0.229 e. The van der Waals surface area contributed by atoms with Crippen LogP contribution in [0.25, 0.3) is 5.82 Å². The number of benzene rings is 2. The highest BCUT2D eigenvalue weighted by Gasteiger charge is 2.35. The Morgan fingerprint density at radius 3 is 2.53 bits per heavy atom. The van der Waals surface area contributed by atoms with Gasteiger partial charge in [0, 0.05) is 47.8 Å². The van der Waals surface area contributed by atoms with Crippen molar-refractivity contribution < 1.29 is 14.3 Å². The Labute approximate surface area is 212 Å². The predicted octanol–water partition coefficient (Wildman–Crippen LogP) is 4.72. The number of aromatic nitrogens is 4. The molecule has 1 fully saturated rings.